The molecule has 6 heteroatoms. The summed E-state index contributed by atoms with van der Waals surface area (Å²) < 4.78 is 21.3. The minimum absolute atomic E-state index is 0.00938. The summed E-state index contributed by atoms with van der Waals surface area (Å²) in [5.74, 6) is 1.45. The normalized spacial score (nSPS) is 10.3. The molecule has 0 aliphatic heterocycles. The second-order valence-electron chi connectivity index (χ2n) is 5.61. The standard InChI is InChI=1S/C20H24O6/c1-6-7-13-14(20(26-5)15(21)11-16(13)23-2)8-12-9-17(24-3)19(22)18(10-12)25-4/h6,9-11,21-22H,1,7-8H2,2-5H3. The zero-order chi connectivity index (χ0) is 19.3. The number of ether oxygens (including phenoxy) is 4. The second kappa shape index (κ2) is 8.38. The number of hydrogen-bond donors (Lipinski definition) is 2. The minimum Gasteiger partial charge on any atom is -0.504 e. The van der Waals surface area contributed by atoms with Gasteiger partial charge >= 0.3 is 0 Å². The minimum atomic E-state index is -0.0643. The first-order valence-corrected chi connectivity index (χ1v) is 8.01. The average molecular weight is 360 g/mol. The largest absolute Gasteiger partial charge is 0.504 e. The highest BCUT2D eigenvalue weighted by atomic mass is 16.5. The maximum Gasteiger partial charge on any atom is 0.200 e. The van der Waals surface area contributed by atoms with Gasteiger partial charge in [-0.3, -0.25) is 0 Å². The quantitative estimate of drug-likeness (QED) is 0.702. The second-order valence-corrected chi connectivity index (χ2v) is 5.61. The van der Waals surface area contributed by atoms with Crippen LogP contribution in [0, 0.1) is 0 Å². The van der Waals surface area contributed by atoms with Crippen molar-refractivity contribution in [2.24, 2.45) is 0 Å². The molecule has 0 saturated heterocycles. The lowest BCUT2D eigenvalue weighted by Gasteiger charge is -2.19. The highest BCUT2D eigenvalue weighted by molar-refractivity contribution is 5.60. The predicted octanol–water partition coefficient (Wildman–Crippen LogP) is 3.45. The molecule has 0 saturated carbocycles. The van der Waals surface area contributed by atoms with Crippen LogP contribution in [-0.4, -0.2) is 38.7 Å². The molecule has 0 aromatic heterocycles. The van der Waals surface area contributed by atoms with Crippen LogP contribution in [0.4, 0.5) is 0 Å². The van der Waals surface area contributed by atoms with E-state index in [4.69, 9.17) is 18.9 Å². The first-order valence-electron chi connectivity index (χ1n) is 8.01. The Bertz CT molecular complexity index is 772. The lowest BCUT2D eigenvalue weighted by atomic mass is 9.95. The lowest BCUT2D eigenvalue weighted by Crippen LogP contribution is -2.03. The van der Waals surface area contributed by atoms with E-state index >= 15 is 0 Å². The third-order valence-electron chi connectivity index (χ3n) is 4.13. The molecule has 2 N–H and O–H groups in total. The number of hydrogen-bond acceptors (Lipinski definition) is 6. The fourth-order valence-electron chi connectivity index (χ4n) is 2.94. The van der Waals surface area contributed by atoms with Crippen molar-refractivity contribution >= 4 is 0 Å². The van der Waals surface area contributed by atoms with Crippen LogP contribution in [0.1, 0.15) is 16.7 Å². The molecule has 2 aromatic carbocycles. The summed E-state index contributed by atoms with van der Waals surface area (Å²) in [7, 11) is 5.99. The molecule has 0 unspecified atom stereocenters. The van der Waals surface area contributed by atoms with Gasteiger partial charge in [0.25, 0.3) is 0 Å². The van der Waals surface area contributed by atoms with Gasteiger partial charge in [-0.2, -0.15) is 0 Å². The lowest BCUT2D eigenvalue weighted by molar-refractivity contribution is 0.339. The van der Waals surface area contributed by atoms with Gasteiger partial charge in [0.05, 0.1) is 28.4 Å². The summed E-state index contributed by atoms with van der Waals surface area (Å²) in [6.45, 7) is 3.79. The van der Waals surface area contributed by atoms with Gasteiger partial charge in [-0.1, -0.05) is 6.08 Å². The van der Waals surface area contributed by atoms with Crippen molar-refractivity contribution in [2.75, 3.05) is 28.4 Å². The summed E-state index contributed by atoms with van der Waals surface area (Å²) >= 11 is 0. The molecule has 2 rings (SSSR count). The Morgan fingerprint density at radius 3 is 1.88 bits per heavy atom. The van der Waals surface area contributed by atoms with E-state index in [2.05, 4.69) is 6.58 Å². The zero-order valence-corrected chi connectivity index (χ0v) is 15.5. The maximum absolute atomic E-state index is 10.3. The summed E-state index contributed by atoms with van der Waals surface area (Å²) in [6, 6.07) is 4.95. The molecule has 0 radical (unpaired) electrons. The van der Waals surface area contributed by atoms with Crippen LogP contribution in [-0.2, 0) is 12.8 Å². The van der Waals surface area contributed by atoms with Gasteiger partial charge in [0.1, 0.15) is 5.75 Å². The molecule has 6 nitrogen and oxygen atoms in total. The summed E-state index contributed by atoms with van der Waals surface area (Å²) in [5, 5.41) is 20.4. The van der Waals surface area contributed by atoms with Gasteiger partial charge in [0, 0.05) is 23.6 Å². The molecule has 2 aromatic rings. The van der Waals surface area contributed by atoms with Crippen molar-refractivity contribution in [2.45, 2.75) is 12.8 Å². The maximum atomic E-state index is 10.3. The molecule has 140 valence electrons. The molecule has 0 amide bonds. The Balaban J connectivity index is 2.64. The van der Waals surface area contributed by atoms with E-state index in [0.29, 0.717) is 35.8 Å². The SMILES string of the molecule is C=CCc1c(OC)cc(O)c(OC)c1Cc1cc(OC)c(O)c(OC)c1. The van der Waals surface area contributed by atoms with E-state index in [9.17, 15) is 10.2 Å². The van der Waals surface area contributed by atoms with Gasteiger partial charge in [0.15, 0.2) is 23.0 Å². The predicted molar refractivity (Wildman–Crippen MR) is 99.1 cm³/mol. The van der Waals surface area contributed by atoms with Gasteiger partial charge in [-0.05, 0) is 24.1 Å². The van der Waals surface area contributed by atoms with Crippen LogP contribution in [0.15, 0.2) is 30.9 Å². The number of aromatic hydroxyl groups is 2. The van der Waals surface area contributed by atoms with Crippen LogP contribution in [0.2, 0.25) is 0 Å². The Kier molecular flexibility index (Phi) is 6.22. The van der Waals surface area contributed by atoms with Crippen LogP contribution >= 0.6 is 0 Å². The summed E-state index contributed by atoms with van der Waals surface area (Å²) in [5.41, 5.74) is 2.44. The van der Waals surface area contributed by atoms with Gasteiger partial charge < -0.3 is 29.2 Å². The first-order chi connectivity index (χ1) is 12.5. The first kappa shape index (κ1) is 19.3. The average Bonchev–Trinajstić information content (AvgIpc) is 2.64. The third-order valence-corrected chi connectivity index (χ3v) is 4.13. The van der Waals surface area contributed by atoms with Crippen LogP contribution < -0.4 is 18.9 Å². The van der Waals surface area contributed by atoms with E-state index in [1.165, 1.54) is 27.4 Å². The van der Waals surface area contributed by atoms with E-state index in [0.717, 1.165) is 16.7 Å². The number of benzene rings is 2. The smallest absolute Gasteiger partial charge is 0.200 e. The van der Waals surface area contributed by atoms with Crippen LogP contribution in [0.3, 0.4) is 0 Å². The number of phenols is 2. The topological polar surface area (TPSA) is 77.4 Å². The number of phenolic OH excluding ortho intramolecular Hbond substituents is 2. The molecule has 0 heterocycles. The van der Waals surface area contributed by atoms with E-state index in [1.807, 2.05) is 0 Å². The molecular formula is C20H24O6. The van der Waals surface area contributed by atoms with E-state index < -0.39 is 0 Å². The van der Waals surface area contributed by atoms with Gasteiger partial charge in [0.2, 0.25) is 5.75 Å². The molecular weight excluding hydrogens is 336 g/mol. The molecule has 0 aliphatic rings. The molecule has 26 heavy (non-hydrogen) atoms. The molecule has 0 atom stereocenters. The number of methoxy groups -OCH3 is 4. The third kappa shape index (κ3) is 3.64. The van der Waals surface area contributed by atoms with Crippen molar-refractivity contribution in [3.05, 3.63) is 47.5 Å². The van der Waals surface area contributed by atoms with Gasteiger partial charge in [-0.15, -0.1) is 6.58 Å². The van der Waals surface area contributed by atoms with Crippen molar-refractivity contribution in [1.29, 1.82) is 0 Å². The van der Waals surface area contributed by atoms with Crippen LogP contribution in [0.5, 0.6) is 34.5 Å². The fraction of sp³-hybridized carbons (Fsp3) is 0.300. The van der Waals surface area contributed by atoms with Crippen molar-refractivity contribution in [1.82, 2.24) is 0 Å². The summed E-state index contributed by atoms with van der Waals surface area (Å²) in [4.78, 5) is 0. The monoisotopic (exact) mass is 360 g/mol. The Morgan fingerprint density at radius 2 is 1.42 bits per heavy atom. The van der Waals surface area contributed by atoms with Crippen LogP contribution in [0.25, 0.3) is 0 Å². The Hall–Kier alpha value is -3.02. The number of rotatable bonds is 8. The van der Waals surface area contributed by atoms with E-state index in [-0.39, 0.29) is 11.5 Å². The molecule has 0 spiro atoms. The Labute approximate surface area is 153 Å². The molecule has 0 fully saturated rings. The molecule has 0 aliphatic carbocycles. The Morgan fingerprint density at radius 1 is 0.846 bits per heavy atom. The summed E-state index contributed by atoms with van der Waals surface area (Å²) in [6.07, 6.45) is 2.71. The number of allylic oxidation sites excluding steroid dienone is 1. The van der Waals surface area contributed by atoms with Crippen molar-refractivity contribution in [3.8, 4) is 34.5 Å². The van der Waals surface area contributed by atoms with Crippen molar-refractivity contribution in [3.63, 3.8) is 0 Å². The highest BCUT2D eigenvalue weighted by Gasteiger charge is 2.20. The van der Waals surface area contributed by atoms with Crippen molar-refractivity contribution < 1.29 is 29.2 Å². The van der Waals surface area contributed by atoms with E-state index in [1.54, 1.807) is 25.3 Å². The molecule has 0 bridgehead atoms. The fourth-order valence-corrected chi connectivity index (χ4v) is 2.94. The highest BCUT2D eigenvalue weighted by Crippen LogP contribution is 2.42. The van der Waals surface area contributed by atoms with Gasteiger partial charge in [-0.25, -0.2) is 0 Å². The zero-order valence-electron chi connectivity index (χ0n) is 15.5.